The Kier molecular flexibility index (Phi) is 5.50. The van der Waals surface area contributed by atoms with Crippen LogP contribution in [0.25, 0.3) is 10.8 Å². The van der Waals surface area contributed by atoms with E-state index in [0.717, 1.165) is 22.1 Å². The summed E-state index contributed by atoms with van der Waals surface area (Å²) in [6.45, 7) is 0.402. The SMILES string of the molecule is COc1cccc(CN(C)C(=O)c2ccc(OC)c3ccccc23)c1OC. The summed E-state index contributed by atoms with van der Waals surface area (Å²) >= 11 is 0. The van der Waals surface area contributed by atoms with Crippen molar-refractivity contribution in [1.82, 2.24) is 4.90 Å². The molecule has 0 saturated heterocycles. The molecule has 0 aliphatic rings. The van der Waals surface area contributed by atoms with Crippen LogP contribution in [0.3, 0.4) is 0 Å². The Morgan fingerprint density at radius 1 is 0.815 bits per heavy atom. The number of hydrogen-bond acceptors (Lipinski definition) is 4. The van der Waals surface area contributed by atoms with Gasteiger partial charge in [-0.15, -0.1) is 0 Å². The predicted octanol–water partition coefficient (Wildman–Crippen LogP) is 4.14. The Labute approximate surface area is 159 Å². The standard InChI is InChI=1S/C22H23NO4/c1-23(14-15-8-7-11-20(26-3)21(15)27-4)22(24)18-12-13-19(25-2)17-10-6-5-9-16(17)18/h5-13H,14H2,1-4H3. The van der Waals surface area contributed by atoms with E-state index in [-0.39, 0.29) is 5.91 Å². The summed E-state index contributed by atoms with van der Waals surface area (Å²) in [6, 6.07) is 17.0. The summed E-state index contributed by atoms with van der Waals surface area (Å²) in [5.41, 5.74) is 1.52. The number of methoxy groups -OCH3 is 3. The lowest BCUT2D eigenvalue weighted by molar-refractivity contribution is 0.0786. The molecule has 0 fully saturated rings. The molecule has 3 aromatic rings. The van der Waals surface area contributed by atoms with Gasteiger partial charge < -0.3 is 19.1 Å². The summed E-state index contributed by atoms with van der Waals surface area (Å²) in [6.07, 6.45) is 0. The molecule has 0 aromatic heterocycles. The molecule has 0 radical (unpaired) electrons. The molecule has 5 heteroatoms. The first kappa shape index (κ1) is 18.6. The zero-order valence-electron chi connectivity index (χ0n) is 16.0. The van der Waals surface area contributed by atoms with Crippen LogP contribution >= 0.6 is 0 Å². The van der Waals surface area contributed by atoms with Gasteiger partial charge in [0.25, 0.3) is 5.91 Å². The monoisotopic (exact) mass is 365 g/mol. The summed E-state index contributed by atoms with van der Waals surface area (Å²) in [4.78, 5) is 14.8. The lowest BCUT2D eigenvalue weighted by atomic mass is 10.0. The van der Waals surface area contributed by atoms with Gasteiger partial charge in [0.05, 0.1) is 21.3 Å². The Hall–Kier alpha value is -3.21. The Morgan fingerprint density at radius 3 is 2.19 bits per heavy atom. The Balaban J connectivity index is 1.95. The van der Waals surface area contributed by atoms with Gasteiger partial charge in [0, 0.05) is 30.1 Å². The van der Waals surface area contributed by atoms with E-state index in [2.05, 4.69) is 0 Å². The van der Waals surface area contributed by atoms with Gasteiger partial charge in [-0.1, -0.05) is 36.4 Å². The molecule has 0 N–H and O–H groups in total. The highest BCUT2D eigenvalue weighted by atomic mass is 16.5. The van der Waals surface area contributed by atoms with Crippen LogP contribution in [-0.2, 0) is 6.54 Å². The maximum absolute atomic E-state index is 13.1. The van der Waals surface area contributed by atoms with E-state index in [9.17, 15) is 4.79 Å². The van der Waals surface area contributed by atoms with Crippen molar-refractivity contribution in [3.05, 3.63) is 65.7 Å². The van der Waals surface area contributed by atoms with E-state index in [1.807, 2.05) is 54.6 Å². The number of carbonyl (C=O) groups excluding carboxylic acids is 1. The van der Waals surface area contributed by atoms with Crippen LogP contribution in [-0.4, -0.2) is 39.2 Å². The van der Waals surface area contributed by atoms with Gasteiger partial charge in [-0.3, -0.25) is 4.79 Å². The molecular formula is C22H23NO4. The van der Waals surface area contributed by atoms with Crippen LogP contribution in [0.4, 0.5) is 0 Å². The molecule has 3 rings (SSSR count). The number of para-hydroxylation sites is 1. The molecule has 140 valence electrons. The van der Waals surface area contributed by atoms with Crippen LogP contribution in [0.15, 0.2) is 54.6 Å². The number of amides is 1. The van der Waals surface area contributed by atoms with E-state index in [0.29, 0.717) is 23.6 Å². The molecule has 0 atom stereocenters. The van der Waals surface area contributed by atoms with Crippen LogP contribution in [0, 0.1) is 0 Å². The topological polar surface area (TPSA) is 48.0 Å². The number of benzene rings is 3. The highest BCUT2D eigenvalue weighted by molar-refractivity contribution is 6.08. The molecule has 5 nitrogen and oxygen atoms in total. The second-order valence-electron chi connectivity index (χ2n) is 6.17. The van der Waals surface area contributed by atoms with Gasteiger partial charge in [-0.2, -0.15) is 0 Å². The smallest absolute Gasteiger partial charge is 0.254 e. The summed E-state index contributed by atoms with van der Waals surface area (Å²) < 4.78 is 16.2. The van der Waals surface area contributed by atoms with Crippen molar-refractivity contribution in [2.75, 3.05) is 28.4 Å². The quantitative estimate of drug-likeness (QED) is 0.659. The van der Waals surface area contributed by atoms with Gasteiger partial charge in [0.2, 0.25) is 0 Å². The van der Waals surface area contributed by atoms with Gasteiger partial charge in [-0.25, -0.2) is 0 Å². The summed E-state index contributed by atoms with van der Waals surface area (Å²) in [5.74, 6) is 1.96. The van der Waals surface area contributed by atoms with Crippen molar-refractivity contribution in [2.45, 2.75) is 6.54 Å². The lowest BCUT2D eigenvalue weighted by Gasteiger charge is -2.21. The van der Waals surface area contributed by atoms with Crippen molar-refractivity contribution in [3.8, 4) is 17.2 Å². The molecule has 0 spiro atoms. The summed E-state index contributed by atoms with van der Waals surface area (Å²) in [5, 5.41) is 1.78. The Morgan fingerprint density at radius 2 is 1.52 bits per heavy atom. The Bertz CT molecular complexity index is 968. The largest absolute Gasteiger partial charge is 0.496 e. The number of rotatable bonds is 6. The second kappa shape index (κ2) is 7.99. The maximum Gasteiger partial charge on any atom is 0.254 e. The first-order valence-corrected chi connectivity index (χ1v) is 8.61. The minimum absolute atomic E-state index is 0.0706. The van der Waals surface area contributed by atoms with E-state index in [1.54, 1.807) is 33.3 Å². The molecule has 0 saturated carbocycles. The third-order valence-electron chi connectivity index (χ3n) is 4.57. The molecule has 3 aromatic carbocycles. The van der Waals surface area contributed by atoms with Crippen LogP contribution < -0.4 is 14.2 Å². The number of hydrogen-bond donors (Lipinski definition) is 0. The van der Waals surface area contributed by atoms with E-state index < -0.39 is 0 Å². The van der Waals surface area contributed by atoms with Gasteiger partial charge in [0.1, 0.15) is 5.75 Å². The fraction of sp³-hybridized carbons (Fsp3) is 0.227. The highest BCUT2D eigenvalue weighted by Gasteiger charge is 2.19. The molecule has 0 aliphatic heterocycles. The van der Waals surface area contributed by atoms with Crippen LogP contribution in [0.2, 0.25) is 0 Å². The molecule has 27 heavy (non-hydrogen) atoms. The number of fused-ring (bicyclic) bond motifs is 1. The zero-order chi connectivity index (χ0) is 19.4. The highest BCUT2D eigenvalue weighted by Crippen LogP contribution is 2.32. The fourth-order valence-corrected chi connectivity index (χ4v) is 3.25. The van der Waals surface area contributed by atoms with E-state index in [1.165, 1.54) is 0 Å². The van der Waals surface area contributed by atoms with Crippen molar-refractivity contribution >= 4 is 16.7 Å². The first-order chi connectivity index (χ1) is 13.1. The summed E-state index contributed by atoms with van der Waals surface area (Å²) in [7, 11) is 6.60. The van der Waals surface area contributed by atoms with Crippen molar-refractivity contribution in [2.24, 2.45) is 0 Å². The molecular weight excluding hydrogens is 342 g/mol. The minimum Gasteiger partial charge on any atom is -0.496 e. The lowest BCUT2D eigenvalue weighted by Crippen LogP contribution is -2.26. The van der Waals surface area contributed by atoms with Crippen molar-refractivity contribution in [1.29, 1.82) is 0 Å². The molecule has 0 bridgehead atoms. The normalized spacial score (nSPS) is 10.5. The molecule has 1 amide bonds. The van der Waals surface area contributed by atoms with Gasteiger partial charge in [-0.05, 0) is 23.6 Å². The minimum atomic E-state index is -0.0706. The average Bonchev–Trinajstić information content (AvgIpc) is 2.72. The predicted molar refractivity (Wildman–Crippen MR) is 106 cm³/mol. The third-order valence-corrected chi connectivity index (χ3v) is 4.57. The van der Waals surface area contributed by atoms with E-state index >= 15 is 0 Å². The zero-order valence-corrected chi connectivity index (χ0v) is 16.0. The van der Waals surface area contributed by atoms with Crippen LogP contribution in [0.1, 0.15) is 15.9 Å². The molecule has 0 unspecified atom stereocenters. The number of ether oxygens (including phenoxy) is 3. The molecule has 0 aliphatic carbocycles. The maximum atomic E-state index is 13.1. The first-order valence-electron chi connectivity index (χ1n) is 8.61. The van der Waals surface area contributed by atoms with E-state index in [4.69, 9.17) is 14.2 Å². The van der Waals surface area contributed by atoms with Crippen molar-refractivity contribution < 1.29 is 19.0 Å². The fourth-order valence-electron chi connectivity index (χ4n) is 3.25. The van der Waals surface area contributed by atoms with Gasteiger partial charge in [0.15, 0.2) is 11.5 Å². The van der Waals surface area contributed by atoms with Crippen LogP contribution in [0.5, 0.6) is 17.2 Å². The molecule has 0 heterocycles. The number of carbonyl (C=O) groups is 1. The second-order valence-corrected chi connectivity index (χ2v) is 6.17. The third kappa shape index (κ3) is 3.53. The number of nitrogens with zero attached hydrogens (tertiary/aromatic N) is 1. The van der Waals surface area contributed by atoms with Crippen molar-refractivity contribution in [3.63, 3.8) is 0 Å². The van der Waals surface area contributed by atoms with Gasteiger partial charge >= 0.3 is 0 Å². The average molecular weight is 365 g/mol.